The van der Waals surface area contributed by atoms with Crippen molar-refractivity contribution in [1.82, 2.24) is 9.88 Å². The number of aryl methyl sites for hydroxylation is 2. The number of aromatic nitrogens is 1. The molecule has 1 amide bonds. The molecule has 0 spiro atoms. The van der Waals surface area contributed by atoms with Gasteiger partial charge in [0, 0.05) is 19.8 Å². The molecule has 1 aromatic carbocycles. The standard InChI is InChI=1S/C17H20N2O3/c1-12-6-8-14(9-7-12)11-18-16(20)13(2)22-17(21)15-5-4-10-19(15)3/h4-10,13H,11H2,1-3H3,(H,18,20)/t13-/m1/s1. The summed E-state index contributed by atoms with van der Waals surface area (Å²) in [5.74, 6) is -0.825. The second-order valence-corrected chi connectivity index (χ2v) is 5.26. The predicted molar refractivity (Wildman–Crippen MR) is 83.3 cm³/mol. The van der Waals surface area contributed by atoms with Gasteiger partial charge in [-0.05, 0) is 31.5 Å². The van der Waals surface area contributed by atoms with Crippen molar-refractivity contribution in [3.05, 3.63) is 59.4 Å². The average Bonchev–Trinajstić information content (AvgIpc) is 2.92. The molecule has 0 unspecified atom stereocenters. The zero-order valence-corrected chi connectivity index (χ0v) is 13.0. The quantitative estimate of drug-likeness (QED) is 0.861. The molecule has 5 nitrogen and oxygen atoms in total. The maximum Gasteiger partial charge on any atom is 0.355 e. The van der Waals surface area contributed by atoms with Crippen molar-refractivity contribution in [2.24, 2.45) is 7.05 Å². The molecule has 22 heavy (non-hydrogen) atoms. The average molecular weight is 300 g/mol. The maximum absolute atomic E-state index is 12.0. The summed E-state index contributed by atoms with van der Waals surface area (Å²) < 4.78 is 6.83. The van der Waals surface area contributed by atoms with Crippen molar-refractivity contribution < 1.29 is 14.3 Å². The molecule has 1 atom stereocenters. The van der Waals surface area contributed by atoms with Crippen molar-refractivity contribution >= 4 is 11.9 Å². The van der Waals surface area contributed by atoms with Crippen LogP contribution >= 0.6 is 0 Å². The summed E-state index contributed by atoms with van der Waals surface area (Å²) in [6.07, 6.45) is 0.909. The SMILES string of the molecule is Cc1ccc(CNC(=O)[C@@H](C)OC(=O)c2cccn2C)cc1. The fourth-order valence-corrected chi connectivity index (χ4v) is 1.99. The number of carbonyl (C=O) groups excluding carboxylic acids is 2. The normalized spacial score (nSPS) is 11.8. The molecule has 2 rings (SSSR count). The fraction of sp³-hybridized carbons (Fsp3) is 0.294. The zero-order chi connectivity index (χ0) is 16.1. The molecule has 0 aliphatic carbocycles. The number of rotatable bonds is 5. The van der Waals surface area contributed by atoms with Crippen LogP contribution in [-0.4, -0.2) is 22.5 Å². The van der Waals surface area contributed by atoms with Crippen LogP contribution in [0.3, 0.4) is 0 Å². The van der Waals surface area contributed by atoms with Crippen molar-refractivity contribution in [2.75, 3.05) is 0 Å². The van der Waals surface area contributed by atoms with Gasteiger partial charge in [0.2, 0.25) is 0 Å². The lowest BCUT2D eigenvalue weighted by atomic mass is 10.1. The molecule has 1 N–H and O–H groups in total. The van der Waals surface area contributed by atoms with Crippen molar-refractivity contribution in [3.8, 4) is 0 Å². The summed E-state index contributed by atoms with van der Waals surface area (Å²) in [5, 5.41) is 2.76. The second kappa shape index (κ2) is 6.93. The van der Waals surface area contributed by atoms with E-state index in [-0.39, 0.29) is 5.91 Å². The molecule has 0 aliphatic heterocycles. The number of hydrogen-bond acceptors (Lipinski definition) is 3. The summed E-state index contributed by atoms with van der Waals surface area (Å²) in [6, 6.07) is 11.3. The van der Waals surface area contributed by atoms with Crippen LogP contribution in [0.2, 0.25) is 0 Å². The highest BCUT2D eigenvalue weighted by atomic mass is 16.5. The lowest BCUT2D eigenvalue weighted by molar-refractivity contribution is -0.129. The Kier molecular flexibility index (Phi) is 4.99. The molecular formula is C17H20N2O3. The lowest BCUT2D eigenvalue weighted by Crippen LogP contribution is -2.35. The monoisotopic (exact) mass is 300 g/mol. The van der Waals surface area contributed by atoms with E-state index in [4.69, 9.17) is 4.74 Å². The van der Waals surface area contributed by atoms with Gasteiger partial charge < -0.3 is 14.6 Å². The maximum atomic E-state index is 12.0. The summed E-state index contributed by atoms with van der Waals surface area (Å²) in [5.41, 5.74) is 2.58. The van der Waals surface area contributed by atoms with E-state index < -0.39 is 12.1 Å². The highest BCUT2D eigenvalue weighted by Gasteiger charge is 2.19. The largest absolute Gasteiger partial charge is 0.448 e. The minimum Gasteiger partial charge on any atom is -0.448 e. The van der Waals surface area contributed by atoms with Gasteiger partial charge in [0.1, 0.15) is 5.69 Å². The van der Waals surface area contributed by atoms with Crippen LogP contribution in [0.5, 0.6) is 0 Å². The topological polar surface area (TPSA) is 60.3 Å². The lowest BCUT2D eigenvalue weighted by Gasteiger charge is -2.14. The summed E-state index contributed by atoms with van der Waals surface area (Å²) in [6.45, 7) is 3.98. The van der Waals surface area contributed by atoms with E-state index in [1.807, 2.05) is 31.2 Å². The third kappa shape index (κ3) is 3.97. The Balaban J connectivity index is 1.85. The number of nitrogens with one attached hydrogen (secondary N) is 1. The summed E-state index contributed by atoms with van der Waals surface area (Å²) >= 11 is 0. The minimum atomic E-state index is -0.840. The Morgan fingerprint density at radius 1 is 1.23 bits per heavy atom. The van der Waals surface area contributed by atoms with Gasteiger partial charge in [-0.3, -0.25) is 4.79 Å². The van der Waals surface area contributed by atoms with E-state index in [2.05, 4.69) is 5.32 Å². The van der Waals surface area contributed by atoms with Crippen LogP contribution in [0.25, 0.3) is 0 Å². The van der Waals surface area contributed by atoms with Crippen LogP contribution in [0.1, 0.15) is 28.5 Å². The molecule has 1 aromatic heterocycles. The number of nitrogens with zero attached hydrogens (tertiary/aromatic N) is 1. The Labute approximate surface area is 129 Å². The molecule has 0 aliphatic rings. The first-order valence-corrected chi connectivity index (χ1v) is 7.13. The second-order valence-electron chi connectivity index (χ2n) is 5.26. The third-order valence-corrected chi connectivity index (χ3v) is 3.39. The van der Waals surface area contributed by atoms with Gasteiger partial charge in [-0.1, -0.05) is 29.8 Å². The van der Waals surface area contributed by atoms with E-state index in [1.165, 1.54) is 5.56 Å². The first-order valence-electron chi connectivity index (χ1n) is 7.13. The smallest absolute Gasteiger partial charge is 0.355 e. The Bertz CT molecular complexity index is 659. The van der Waals surface area contributed by atoms with Crippen LogP contribution < -0.4 is 5.32 Å². The van der Waals surface area contributed by atoms with Crippen molar-refractivity contribution in [1.29, 1.82) is 0 Å². The highest BCUT2D eigenvalue weighted by Crippen LogP contribution is 2.06. The first kappa shape index (κ1) is 15.8. The Morgan fingerprint density at radius 2 is 1.91 bits per heavy atom. The molecule has 5 heteroatoms. The molecule has 116 valence electrons. The molecule has 0 radical (unpaired) electrons. The van der Waals surface area contributed by atoms with Gasteiger partial charge >= 0.3 is 5.97 Å². The molecule has 0 bridgehead atoms. The van der Waals surface area contributed by atoms with Crippen LogP contribution in [-0.2, 0) is 23.1 Å². The number of amides is 1. The van der Waals surface area contributed by atoms with Gasteiger partial charge in [0.25, 0.3) is 5.91 Å². The molecule has 0 fully saturated rings. The summed E-state index contributed by atoms with van der Waals surface area (Å²) in [7, 11) is 1.75. The number of esters is 1. The highest BCUT2D eigenvalue weighted by molar-refractivity contribution is 5.90. The molecular weight excluding hydrogens is 280 g/mol. The number of benzene rings is 1. The number of carbonyl (C=O) groups is 2. The fourth-order valence-electron chi connectivity index (χ4n) is 1.99. The Morgan fingerprint density at radius 3 is 2.50 bits per heavy atom. The van der Waals surface area contributed by atoms with Gasteiger partial charge in [0.05, 0.1) is 0 Å². The van der Waals surface area contributed by atoms with Crippen molar-refractivity contribution in [2.45, 2.75) is 26.5 Å². The van der Waals surface area contributed by atoms with Gasteiger partial charge in [0.15, 0.2) is 6.10 Å². The van der Waals surface area contributed by atoms with Crippen LogP contribution in [0.15, 0.2) is 42.6 Å². The third-order valence-electron chi connectivity index (χ3n) is 3.39. The van der Waals surface area contributed by atoms with E-state index in [0.717, 1.165) is 5.56 Å². The number of hydrogen-bond donors (Lipinski definition) is 1. The molecule has 2 aromatic rings. The number of ether oxygens (including phenoxy) is 1. The van der Waals surface area contributed by atoms with Crippen LogP contribution in [0, 0.1) is 6.92 Å². The van der Waals surface area contributed by atoms with E-state index >= 15 is 0 Å². The zero-order valence-electron chi connectivity index (χ0n) is 13.0. The Hall–Kier alpha value is -2.56. The molecule has 0 saturated heterocycles. The van der Waals surface area contributed by atoms with Crippen molar-refractivity contribution in [3.63, 3.8) is 0 Å². The summed E-state index contributed by atoms with van der Waals surface area (Å²) in [4.78, 5) is 23.9. The van der Waals surface area contributed by atoms with E-state index in [9.17, 15) is 9.59 Å². The van der Waals surface area contributed by atoms with Gasteiger partial charge in [-0.15, -0.1) is 0 Å². The molecule has 0 saturated carbocycles. The van der Waals surface area contributed by atoms with Crippen LogP contribution in [0.4, 0.5) is 0 Å². The predicted octanol–water partition coefficient (Wildman–Crippen LogP) is 2.20. The van der Waals surface area contributed by atoms with E-state index in [1.54, 1.807) is 36.9 Å². The van der Waals surface area contributed by atoms with Gasteiger partial charge in [-0.2, -0.15) is 0 Å². The molecule has 1 heterocycles. The van der Waals surface area contributed by atoms with Gasteiger partial charge in [-0.25, -0.2) is 4.79 Å². The minimum absolute atomic E-state index is 0.317. The first-order chi connectivity index (χ1) is 10.5. The van der Waals surface area contributed by atoms with E-state index in [0.29, 0.717) is 12.2 Å².